The molecule has 4 heterocycles. The van der Waals surface area contributed by atoms with Gasteiger partial charge in [-0.1, -0.05) is 75.3 Å². The Morgan fingerprint density at radius 1 is 1.15 bits per heavy atom. The summed E-state index contributed by atoms with van der Waals surface area (Å²) in [5, 5.41) is 14.3. The van der Waals surface area contributed by atoms with Gasteiger partial charge in [0, 0.05) is 18.4 Å². The van der Waals surface area contributed by atoms with E-state index in [4.69, 9.17) is 4.42 Å². The first-order chi connectivity index (χ1) is 26.5. The third-order valence-electron chi connectivity index (χ3n) is 10.3. The van der Waals surface area contributed by atoms with E-state index in [2.05, 4.69) is 71.1 Å². The highest BCUT2D eigenvalue weighted by molar-refractivity contribution is 8.00. The van der Waals surface area contributed by atoms with E-state index in [1.807, 2.05) is 31.3 Å². The number of piperidine rings is 1. The quantitative estimate of drug-likeness (QED) is 0.0711. The monoisotopic (exact) mass is 797 g/mol. The molecule has 1 aliphatic carbocycles. The number of nitrogens with one attached hydrogen (secondary N) is 1. The van der Waals surface area contributed by atoms with Gasteiger partial charge in [-0.2, -0.15) is 5.26 Å². The van der Waals surface area contributed by atoms with Gasteiger partial charge in [0.2, 0.25) is 11.8 Å². The lowest BCUT2D eigenvalue weighted by Gasteiger charge is -2.32. The molecule has 1 atom stereocenters. The van der Waals surface area contributed by atoms with Crippen molar-refractivity contribution in [1.82, 2.24) is 24.8 Å². The number of fused-ring (bicyclic) bond motifs is 1. The smallest absolute Gasteiger partial charge is 0.264 e. The van der Waals surface area contributed by atoms with E-state index in [1.54, 1.807) is 35.1 Å². The van der Waals surface area contributed by atoms with Crippen molar-refractivity contribution in [2.75, 3.05) is 32.0 Å². The van der Waals surface area contributed by atoms with Crippen LogP contribution in [0, 0.1) is 17.2 Å². The number of hydrogen-bond donors (Lipinski definition) is 1. The molecule has 0 spiro atoms. The largest absolute Gasteiger partial charge is 0.444 e. The van der Waals surface area contributed by atoms with E-state index in [0.29, 0.717) is 21.8 Å². The zero-order valence-corrected chi connectivity index (χ0v) is 34.9. The van der Waals surface area contributed by atoms with Crippen molar-refractivity contribution >= 4 is 67.7 Å². The number of para-hydroxylation sites is 1. The van der Waals surface area contributed by atoms with Crippen LogP contribution >= 0.6 is 34.4 Å². The number of carbonyl (C=O) groups is 2. The number of hydrogen-bond acceptors (Lipinski definition) is 11. The van der Waals surface area contributed by atoms with Crippen LogP contribution < -0.4 is 5.32 Å². The number of nitrogens with zero attached hydrogens (tertiary/aromatic N) is 6. The zero-order valence-electron chi connectivity index (χ0n) is 32.5. The normalized spacial score (nSPS) is 16.4. The van der Waals surface area contributed by atoms with E-state index in [9.17, 15) is 14.9 Å². The van der Waals surface area contributed by atoms with Gasteiger partial charge in [0.05, 0.1) is 38.6 Å². The minimum atomic E-state index is -0.265. The van der Waals surface area contributed by atoms with Crippen molar-refractivity contribution in [2.24, 2.45) is 5.92 Å². The predicted molar refractivity (Wildman–Crippen MR) is 224 cm³/mol. The van der Waals surface area contributed by atoms with Crippen molar-refractivity contribution in [3.63, 3.8) is 0 Å². The highest BCUT2D eigenvalue weighted by atomic mass is 32.2. The summed E-state index contributed by atoms with van der Waals surface area (Å²) in [5.74, 6) is 1.98. The maximum Gasteiger partial charge on any atom is 0.264 e. The molecule has 1 unspecified atom stereocenters. The Morgan fingerprint density at radius 2 is 1.95 bits per heavy atom. The summed E-state index contributed by atoms with van der Waals surface area (Å²) < 4.78 is 7.94. The lowest BCUT2D eigenvalue weighted by Crippen LogP contribution is -2.39. The SMILES string of the molecule is CCCC(C1=CC=C(CCCN2CCC(C(=O)Nc3ncc(SCc4ncc(C(C)(C)C)o4)s3)CC2)CC1)N(C)C(=O)/C(C#N)=C/c1nc2ccccc2s1. The predicted octanol–water partition coefficient (Wildman–Crippen LogP) is 9.64. The number of thioether (sulfide) groups is 1. The van der Waals surface area contributed by atoms with Crippen LogP contribution in [0.3, 0.4) is 0 Å². The third-order valence-corrected chi connectivity index (χ3v) is 13.3. The molecule has 55 heavy (non-hydrogen) atoms. The molecular formula is C42H51N7O3S3. The number of rotatable bonds is 15. The fourth-order valence-corrected chi connectivity index (χ4v) is 9.67. The van der Waals surface area contributed by atoms with Gasteiger partial charge in [0.25, 0.3) is 5.91 Å². The number of amides is 2. The van der Waals surface area contributed by atoms with Crippen LogP contribution in [-0.4, -0.2) is 69.3 Å². The Bertz CT molecular complexity index is 2060. The Morgan fingerprint density at radius 3 is 2.64 bits per heavy atom. The Labute approximate surface area is 336 Å². The maximum atomic E-state index is 13.6. The molecule has 10 nitrogen and oxygen atoms in total. The van der Waals surface area contributed by atoms with Gasteiger partial charge in [0.15, 0.2) is 5.13 Å². The molecule has 0 bridgehead atoms. The molecule has 3 aromatic heterocycles. The van der Waals surface area contributed by atoms with Gasteiger partial charge in [-0.3, -0.25) is 9.59 Å². The number of allylic oxidation sites excluding steroid dienone is 3. The number of carbonyl (C=O) groups excluding carboxylic acids is 2. The fourth-order valence-electron chi connectivity index (χ4n) is 7.03. The summed E-state index contributed by atoms with van der Waals surface area (Å²) in [6.45, 7) is 11.3. The van der Waals surface area contributed by atoms with Gasteiger partial charge in [-0.25, -0.2) is 15.0 Å². The van der Waals surface area contributed by atoms with Crippen LogP contribution in [0.15, 0.2) is 74.2 Å². The molecule has 1 aliphatic heterocycles. The average Bonchev–Trinajstić information content (AvgIpc) is 3.95. The minimum Gasteiger partial charge on any atom is -0.444 e. The third kappa shape index (κ3) is 10.8. The Balaban J connectivity index is 0.925. The van der Waals surface area contributed by atoms with Crippen LogP contribution in [0.2, 0.25) is 0 Å². The summed E-state index contributed by atoms with van der Waals surface area (Å²) in [4.78, 5) is 44.3. The fraction of sp³-hybridized carbons (Fsp3) is 0.476. The van der Waals surface area contributed by atoms with E-state index in [-0.39, 0.29) is 34.8 Å². The molecule has 6 rings (SSSR count). The number of aromatic nitrogens is 3. The molecule has 1 fully saturated rings. The topological polar surface area (TPSA) is 128 Å². The van der Waals surface area contributed by atoms with E-state index in [1.165, 1.54) is 33.8 Å². The number of likely N-dealkylation sites (tertiary alicyclic amines) is 1. The second kappa shape index (κ2) is 18.7. The summed E-state index contributed by atoms with van der Waals surface area (Å²) in [6.07, 6.45) is 17.2. The van der Waals surface area contributed by atoms with Crippen molar-refractivity contribution < 1.29 is 14.0 Å². The summed E-state index contributed by atoms with van der Waals surface area (Å²) in [7, 11) is 1.82. The van der Waals surface area contributed by atoms with Gasteiger partial charge in [0.1, 0.15) is 22.4 Å². The van der Waals surface area contributed by atoms with Crippen molar-refractivity contribution in [1.29, 1.82) is 5.26 Å². The summed E-state index contributed by atoms with van der Waals surface area (Å²) >= 11 is 4.58. The first-order valence-corrected chi connectivity index (χ1v) is 21.8. The molecule has 1 aromatic carbocycles. The summed E-state index contributed by atoms with van der Waals surface area (Å²) in [6, 6.07) is 9.92. The average molecular weight is 798 g/mol. The highest BCUT2D eigenvalue weighted by Gasteiger charge is 2.28. The molecule has 2 amide bonds. The van der Waals surface area contributed by atoms with Crippen molar-refractivity contribution in [2.45, 2.75) is 100 Å². The van der Waals surface area contributed by atoms with Crippen LogP contribution in [0.1, 0.15) is 95.7 Å². The lowest BCUT2D eigenvalue weighted by atomic mass is 9.88. The first-order valence-electron chi connectivity index (χ1n) is 19.2. The van der Waals surface area contributed by atoms with E-state index < -0.39 is 0 Å². The maximum absolute atomic E-state index is 13.6. The van der Waals surface area contributed by atoms with Gasteiger partial charge >= 0.3 is 0 Å². The molecule has 1 N–H and O–H groups in total. The van der Waals surface area contributed by atoms with Gasteiger partial charge < -0.3 is 19.5 Å². The highest BCUT2D eigenvalue weighted by Crippen LogP contribution is 2.33. The Kier molecular flexibility index (Phi) is 13.8. The molecule has 0 saturated carbocycles. The van der Waals surface area contributed by atoms with Gasteiger partial charge in [-0.15, -0.1) is 23.1 Å². The molecule has 0 radical (unpaired) electrons. The number of anilines is 1. The molecular weight excluding hydrogens is 747 g/mol. The van der Waals surface area contributed by atoms with Crippen molar-refractivity contribution in [3.8, 4) is 6.07 Å². The zero-order chi connectivity index (χ0) is 39.0. The Hall–Kier alpha value is -4.09. The molecule has 4 aromatic rings. The molecule has 1 saturated heterocycles. The van der Waals surface area contributed by atoms with Crippen LogP contribution in [0.4, 0.5) is 5.13 Å². The van der Waals surface area contributed by atoms with Gasteiger partial charge in [-0.05, 0) is 88.4 Å². The summed E-state index contributed by atoms with van der Waals surface area (Å²) in [5.41, 5.74) is 3.58. The van der Waals surface area contributed by atoms with E-state index >= 15 is 0 Å². The van der Waals surface area contributed by atoms with Crippen molar-refractivity contribution in [3.05, 3.63) is 82.2 Å². The lowest BCUT2D eigenvalue weighted by molar-refractivity contribution is -0.127. The number of thiazole rings is 2. The van der Waals surface area contributed by atoms with E-state index in [0.717, 1.165) is 91.2 Å². The second-order valence-electron chi connectivity index (χ2n) is 15.3. The standard InChI is InChI=1S/C42H51N7O3S3/c1-6-10-33(48(5)40(51)31(24-43)23-37-46-32-12-7-8-13-34(32)54-37)29-16-14-28(15-17-29)11-9-20-49-21-18-30(19-22-49)39(50)47-41-45-26-38(55-41)53-27-36-44-25-35(52-36)42(2,3)4/h7-8,12-14,16,23,25-26,30,33H,6,9-11,15,17-22,27H2,1-5H3,(H,45,47,50)/b31-23+. The number of oxazole rings is 1. The van der Waals surface area contributed by atoms with Crippen LogP contribution in [0.25, 0.3) is 16.3 Å². The number of likely N-dealkylation sites (N-methyl/N-ethyl adjacent to an activating group) is 1. The molecule has 2 aliphatic rings. The van der Waals surface area contributed by atoms with Crippen LogP contribution in [-0.2, 0) is 20.8 Å². The van der Waals surface area contributed by atoms with Crippen LogP contribution in [0.5, 0.6) is 0 Å². The minimum absolute atomic E-state index is 0.00250. The number of benzene rings is 1. The number of nitriles is 1. The molecule has 290 valence electrons. The second-order valence-corrected chi connectivity index (χ2v) is 18.7. The first kappa shape index (κ1) is 40.6. The molecule has 13 heteroatoms.